The maximum atomic E-state index is 12.1. The van der Waals surface area contributed by atoms with E-state index in [9.17, 15) is 4.79 Å². The fourth-order valence-corrected chi connectivity index (χ4v) is 2.37. The Morgan fingerprint density at radius 2 is 2.00 bits per heavy atom. The van der Waals surface area contributed by atoms with Gasteiger partial charge >= 0.3 is 0 Å². The number of halogens is 2. The molecule has 1 aromatic carbocycles. The van der Waals surface area contributed by atoms with Crippen LogP contribution in [0.3, 0.4) is 0 Å². The van der Waals surface area contributed by atoms with Gasteiger partial charge < -0.3 is 15.5 Å². The summed E-state index contributed by atoms with van der Waals surface area (Å²) in [5, 5.41) is 6.29. The number of likely N-dealkylation sites (N-methyl/N-ethyl adjacent to an activating group) is 1. The molecule has 1 atom stereocenters. The lowest BCUT2D eigenvalue weighted by molar-refractivity contribution is -0.129. The second-order valence-corrected chi connectivity index (χ2v) is 5.50. The van der Waals surface area contributed by atoms with Crippen LogP contribution in [0.5, 0.6) is 0 Å². The topological polar surface area (TPSA) is 44.4 Å². The summed E-state index contributed by atoms with van der Waals surface area (Å²) in [7, 11) is 2.04. The van der Waals surface area contributed by atoms with Crippen molar-refractivity contribution in [3.8, 4) is 0 Å². The monoisotopic (exact) mass is 333 g/mol. The minimum atomic E-state index is -0.231. The van der Waals surface area contributed by atoms with Gasteiger partial charge in [-0.2, -0.15) is 0 Å². The van der Waals surface area contributed by atoms with E-state index in [2.05, 4.69) is 27.7 Å². The molecule has 0 radical (unpaired) electrons. The van der Waals surface area contributed by atoms with Gasteiger partial charge in [-0.15, -0.1) is 24.8 Å². The summed E-state index contributed by atoms with van der Waals surface area (Å²) in [6, 6.07) is 10.2. The normalized spacial score (nSPS) is 20.1. The van der Waals surface area contributed by atoms with Gasteiger partial charge in [-0.05, 0) is 32.0 Å². The Morgan fingerprint density at radius 3 is 2.57 bits per heavy atom. The predicted molar refractivity (Wildman–Crippen MR) is 92.8 cm³/mol. The number of hydrogen-bond acceptors (Lipinski definition) is 3. The first-order valence-electron chi connectivity index (χ1n) is 6.87. The van der Waals surface area contributed by atoms with Crippen molar-refractivity contribution in [2.45, 2.75) is 13.3 Å². The third-order valence-corrected chi connectivity index (χ3v) is 3.85. The Labute approximate surface area is 139 Å². The van der Waals surface area contributed by atoms with Crippen LogP contribution in [-0.4, -0.2) is 39.1 Å². The summed E-state index contributed by atoms with van der Waals surface area (Å²) >= 11 is 0. The summed E-state index contributed by atoms with van der Waals surface area (Å²) in [6.45, 7) is 5.25. The summed E-state index contributed by atoms with van der Waals surface area (Å²) in [5.41, 5.74) is 0.941. The highest BCUT2D eigenvalue weighted by molar-refractivity contribution is 5.85. The molecule has 0 aromatic heterocycles. The fourth-order valence-electron chi connectivity index (χ4n) is 2.37. The molecule has 1 unspecified atom stereocenters. The molecule has 21 heavy (non-hydrogen) atoms. The molecule has 1 fully saturated rings. The standard InChI is InChI=1S/C15H23N3O.2ClH/c1-15(8-9-16-12-15)14(19)17-10-11-18(2)13-6-4-3-5-7-13;;/h3-7,16H,8-12H2,1-2H3,(H,17,19);2*1H. The molecule has 1 aromatic rings. The number of carbonyl (C=O) groups is 1. The molecule has 1 heterocycles. The average Bonchev–Trinajstić information content (AvgIpc) is 2.88. The van der Waals surface area contributed by atoms with Gasteiger partial charge in [0, 0.05) is 32.4 Å². The summed E-state index contributed by atoms with van der Waals surface area (Å²) < 4.78 is 0. The molecule has 2 N–H and O–H groups in total. The number of rotatable bonds is 5. The van der Waals surface area contributed by atoms with E-state index in [4.69, 9.17) is 0 Å². The van der Waals surface area contributed by atoms with Crippen LogP contribution in [0.1, 0.15) is 13.3 Å². The van der Waals surface area contributed by atoms with Crippen molar-refractivity contribution in [1.29, 1.82) is 0 Å². The van der Waals surface area contributed by atoms with Crippen LogP contribution in [0.25, 0.3) is 0 Å². The molecule has 1 saturated heterocycles. The summed E-state index contributed by atoms with van der Waals surface area (Å²) in [4.78, 5) is 14.3. The van der Waals surface area contributed by atoms with Gasteiger partial charge in [0.2, 0.25) is 5.91 Å². The second-order valence-electron chi connectivity index (χ2n) is 5.50. The minimum absolute atomic E-state index is 0. The third kappa shape index (κ3) is 5.38. The number of nitrogens with one attached hydrogen (secondary N) is 2. The number of benzene rings is 1. The van der Waals surface area contributed by atoms with Gasteiger partial charge in [0.05, 0.1) is 5.41 Å². The predicted octanol–water partition coefficient (Wildman–Crippen LogP) is 2.08. The SMILES string of the molecule is CN(CCNC(=O)C1(C)CCNC1)c1ccccc1.Cl.Cl. The van der Waals surface area contributed by atoms with Crippen LogP contribution >= 0.6 is 24.8 Å². The molecule has 0 spiro atoms. The van der Waals surface area contributed by atoms with Crippen LogP contribution in [0, 0.1) is 5.41 Å². The highest BCUT2D eigenvalue weighted by Gasteiger charge is 2.35. The molecule has 120 valence electrons. The summed E-state index contributed by atoms with van der Waals surface area (Å²) in [5.74, 6) is 0.166. The zero-order valence-corrected chi connectivity index (χ0v) is 14.2. The lowest BCUT2D eigenvalue weighted by Crippen LogP contribution is -2.43. The van der Waals surface area contributed by atoms with E-state index in [1.165, 1.54) is 5.69 Å². The van der Waals surface area contributed by atoms with Crippen LogP contribution < -0.4 is 15.5 Å². The van der Waals surface area contributed by atoms with E-state index >= 15 is 0 Å². The quantitative estimate of drug-likeness (QED) is 0.867. The molecular formula is C15H25Cl2N3O. The molecule has 1 aliphatic heterocycles. The molecule has 1 amide bonds. The third-order valence-electron chi connectivity index (χ3n) is 3.85. The molecule has 0 aliphatic carbocycles. The molecule has 0 bridgehead atoms. The number of nitrogens with zero attached hydrogens (tertiary/aromatic N) is 1. The van der Waals surface area contributed by atoms with Gasteiger partial charge in [-0.1, -0.05) is 18.2 Å². The van der Waals surface area contributed by atoms with Crippen LogP contribution in [-0.2, 0) is 4.79 Å². The Hall–Kier alpha value is -0.970. The van der Waals surface area contributed by atoms with Crippen molar-refractivity contribution in [3.63, 3.8) is 0 Å². The number of anilines is 1. The van der Waals surface area contributed by atoms with Crippen molar-refractivity contribution >= 4 is 36.4 Å². The first-order valence-corrected chi connectivity index (χ1v) is 6.87. The molecule has 0 saturated carbocycles. The van der Waals surface area contributed by atoms with E-state index in [-0.39, 0.29) is 36.1 Å². The second kappa shape index (κ2) is 9.13. The molecule has 6 heteroatoms. The molecular weight excluding hydrogens is 309 g/mol. The van der Waals surface area contributed by atoms with E-state index in [0.717, 1.165) is 26.1 Å². The first kappa shape index (κ1) is 20.0. The molecule has 1 aliphatic rings. The van der Waals surface area contributed by atoms with Crippen molar-refractivity contribution in [3.05, 3.63) is 30.3 Å². The number of para-hydroxylation sites is 1. The Balaban J connectivity index is 0.00000200. The van der Waals surface area contributed by atoms with Gasteiger partial charge in [0.15, 0.2) is 0 Å². The van der Waals surface area contributed by atoms with Gasteiger partial charge in [-0.25, -0.2) is 0 Å². The molecule has 4 nitrogen and oxygen atoms in total. The smallest absolute Gasteiger partial charge is 0.227 e. The van der Waals surface area contributed by atoms with Gasteiger partial charge in [0.1, 0.15) is 0 Å². The van der Waals surface area contributed by atoms with Crippen molar-refractivity contribution in [2.75, 3.05) is 38.1 Å². The summed E-state index contributed by atoms with van der Waals surface area (Å²) in [6.07, 6.45) is 0.924. The zero-order valence-electron chi connectivity index (χ0n) is 12.6. The highest BCUT2D eigenvalue weighted by Crippen LogP contribution is 2.24. The van der Waals surface area contributed by atoms with Crippen molar-refractivity contribution in [2.24, 2.45) is 5.41 Å². The molecule has 2 rings (SSSR count). The average molecular weight is 334 g/mol. The number of amides is 1. The fraction of sp³-hybridized carbons (Fsp3) is 0.533. The Bertz CT molecular complexity index is 422. The van der Waals surface area contributed by atoms with Crippen LogP contribution in [0.15, 0.2) is 30.3 Å². The Morgan fingerprint density at radius 1 is 1.33 bits per heavy atom. The van der Waals surface area contributed by atoms with Crippen LogP contribution in [0.2, 0.25) is 0 Å². The van der Waals surface area contributed by atoms with E-state index in [0.29, 0.717) is 6.54 Å². The number of carbonyl (C=O) groups excluding carboxylic acids is 1. The van der Waals surface area contributed by atoms with Gasteiger partial charge in [-0.3, -0.25) is 4.79 Å². The van der Waals surface area contributed by atoms with E-state index < -0.39 is 0 Å². The van der Waals surface area contributed by atoms with Crippen molar-refractivity contribution in [1.82, 2.24) is 10.6 Å². The largest absolute Gasteiger partial charge is 0.373 e. The Kier molecular flexibility index (Phi) is 8.71. The maximum absolute atomic E-state index is 12.1. The highest BCUT2D eigenvalue weighted by atomic mass is 35.5. The van der Waals surface area contributed by atoms with Crippen LogP contribution in [0.4, 0.5) is 5.69 Å². The van der Waals surface area contributed by atoms with Crippen molar-refractivity contribution < 1.29 is 4.79 Å². The minimum Gasteiger partial charge on any atom is -0.373 e. The first-order chi connectivity index (χ1) is 9.12. The number of hydrogen-bond donors (Lipinski definition) is 2. The van der Waals surface area contributed by atoms with E-state index in [1.807, 2.05) is 32.2 Å². The van der Waals surface area contributed by atoms with E-state index in [1.54, 1.807) is 0 Å². The lowest BCUT2D eigenvalue weighted by atomic mass is 9.89. The zero-order chi connectivity index (χ0) is 13.7. The van der Waals surface area contributed by atoms with Gasteiger partial charge in [0.25, 0.3) is 0 Å². The lowest BCUT2D eigenvalue weighted by Gasteiger charge is -2.24. The maximum Gasteiger partial charge on any atom is 0.227 e.